The number of hydrogen-bond acceptors (Lipinski definition) is 0. The second kappa shape index (κ2) is 3.97. The van der Waals surface area contributed by atoms with Gasteiger partial charge in [-0.05, 0) is 25.2 Å². The molecule has 0 aromatic heterocycles. The van der Waals surface area contributed by atoms with E-state index in [2.05, 4.69) is 31.9 Å². The van der Waals surface area contributed by atoms with Gasteiger partial charge in [-0.3, -0.25) is 0 Å². The van der Waals surface area contributed by atoms with Crippen molar-refractivity contribution >= 4 is 31.9 Å². The summed E-state index contributed by atoms with van der Waals surface area (Å²) in [6.07, 6.45) is 5.63. The van der Waals surface area contributed by atoms with Gasteiger partial charge < -0.3 is 0 Å². The fourth-order valence-electron chi connectivity index (χ4n) is 1.14. The summed E-state index contributed by atoms with van der Waals surface area (Å²) in [4.78, 5) is 0.783. The van der Waals surface area contributed by atoms with Crippen LogP contribution in [0, 0.1) is 5.92 Å². The summed E-state index contributed by atoms with van der Waals surface area (Å²) >= 11 is 7.13. The summed E-state index contributed by atoms with van der Waals surface area (Å²) in [7, 11) is 0. The maximum absolute atomic E-state index is 3.68. The first kappa shape index (κ1) is 8.06. The third kappa shape index (κ3) is 2.23. The molecular weight excluding hydrogens is 244 g/mol. The standard InChI is InChI=1S/C7H12Br2/c8-5-4-7(9)6-2-1-3-6/h6-7H,1-5H2/t7-/m0/s1. The Balaban J connectivity index is 2.08. The van der Waals surface area contributed by atoms with E-state index in [1.165, 1.54) is 25.7 Å². The van der Waals surface area contributed by atoms with Crippen molar-refractivity contribution in [3.63, 3.8) is 0 Å². The number of rotatable bonds is 3. The first-order valence-electron chi connectivity index (χ1n) is 3.54. The fourth-order valence-corrected chi connectivity index (χ4v) is 3.01. The van der Waals surface area contributed by atoms with Crippen LogP contribution in [0.5, 0.6) is 0 Å². The lowest BCUT2D eigenvalue weighted by Gasteiger charge is -2.29. The van der Waals surface area contributed by atoms with E-state index in [9.17, 15) is 0 Å². The lowest BCUT2D eigenvalue weighted by atomic mass is 9.82. The van der Waals surface area contributed by atoms with Crippen molar-refractivity contribution in [1.29, 1.82) is 0 Å². The summed E-state index contributed by atoms with van der Waals surface area (Å²) < 4.78 is 0. The van der Waals surface area contributed by atoms with E-state index < -0.39 is 0 Å². The van der Waals surface area contributed by atoms with E-state index in [4.69, 9.17) is 0 Å². The van der Waals surface area contributed by atoms with Crippen molar-refractivity contribution in [2.24, 2.45) is 5.92 Å². The van der Waals surface area contributed by atoms with Crippen LogP contribution in [0.1, 0.15) is 25.7 Å². The van der Waals surface area contributed by atoms with Gasteiger partial charge in [0.2, 0.25) is 0 Å². The maximum atomic E-state index is 3.68. The molecule has 9 heavy (non-hydrogen) atoms. The van der Waals surface area contributed by atoms with Crippen LogP contribution < -0.4 is 0 Å². The van der Waals surface area contributed by atoms with Crippen molar-refractivity contribution in [3.05, 3.63) is 0 Å². The van der Waals surface area contributed by atoms with Crippen molar-refractivity contribution in [2.75, 3.05) is 5.33 Å². The topological polar surface area (TPSA) is 0 Å². The molecule has 0 bridgehead atoms. The zero-order valence-electron chi connectivity index (χ0n) is 5.45. The summed E-state index contributed by atoms with van der Waals surface area (Å²) in [5, 5.41) is 1.14. The van der Waals surface area contributed by atoms with Crippen LogP contribution in [0.4, 0.5) is 0 Å². The largest absolute Gasteiger partial charge is 0.0928 e. The molecule has 0 aliphatic heterocycles. The Morgan fingerprint density at radius 2 is 2.11 bits per heavy atom. The van der Waals surface area contributed by atoms with E-state index in [1.807, 2.05) is 0 Å². The molecular formula is C7H12Br2. The Morgan fingerprint density at radius 3 is 2.44 bits per heavy atom. The van der Waals surface area contributed by atoms with Gasteiger partial charge in [-0.25, -0.2) is 0 Å². The Kier molecular flexibility index (Phi) is 3.55. The molecule has 0 N–H and O–H groups in total. The Hall–Kier alpha value is 0.960. The minimum Gasteiger partial charge on any atom is -0.0928 e. The molecule has 0 saturated heterocycles. The quantitative estimate of drug-likeness (QED) is 0.679. The lowest BCUT2D eigenvalue weighted by Crippen LogP contribution is -2.21. The predicted molar refractivity (Wildman–Crippen MR) is 48.5 cm³/mol. The minimum absolute atomic E-state index is 0.783. The molecule has 1 saturated carbocycles. The molecule has 2 heteroatoms. The molecule has 0 radical (unpaired) electrons. The Labute approximate surface area is 73.7 Å². The SMILES string of the molecule is BrCC[C@H](Br)C1CCC1. The van der Waals surface area contributed by atoms with Crippen molar-refractivity contribution in [1.82, 2.24) is 0 Å². The van der Waals surface area contributed by atoms with Gasteiger partial charge in [0.05, 0.1) is 0 Å². The molecule has 1 rings (SSSR count). The Bertz CT molecular complexity index is 79.0. The van der Waals surface area contributed by atoms with Crippen molar-refractivity contribution < 1.29 is 0 Å². The zero-order chi connectivity index (χ0) is 6.69. The minimum atomic E-state index is 0.783. The molecule has 54 valence electrons. The summed E-state index contributed by atoms with van der Waals surface area (Å²) in [5.74, 6) is 0.988. The normalized spacial score (nSPS) is 23.3. The summed E-state index contributed by atoms with van der Waals surface area (Å²) in [5.41, 5.74) is 0. The fraction of sp³-hybridized carbons (Fsp3) is 1.00. The number of halogens is 2. The highest BCUT2D eigenvalue weighted by Gasteiger charge is 2.24. The monoisotopic (exact) mass is 254 g/mol. The predicted octanol–water partition coefficient (Wildman–Crippen LogP) is 3.34. The smallest absolute Gasteiger partial charge is 0.0182 e. The molecule has 0 nitrogen and oxygen atoms in total. The van der Waals surface area contributed by atoms with E-state index >= 15 is 0 Å². The second-order valence-electron chi connectivity index (χ2n) is 2.68. The molecule has 0 aromatic carbocycles. The lowest BCUT2D eigenvalue weighted by molar-refractivity contribution is 0.307. The van der Waals surface area contributed by atoms with Crippen LogP contribution in [0.3, 0.4) is 0 Å². The molecule has 0 aromatic rings. The molecule has 0 unspecified atom stereocenters. The number of alkyl halides is 2. The van der Waals surface area contributed by atoms with Crippen LogP contribution in [0.2, 0.25) is 0 Å². The molecule has 1 fully saturated rings. The first-order valence-corrected chi connectivity index (χ1v) is 5.58. The van der Waals surface area contributed by atoms with Crippen LogP contribution >= 0.6 is 31.9 Å². The molecule has 1 aliphatic carbocycles. The van der Waals surface area contributed by atoms with E-state index in [1.54, 1.807) is 0 Å². The van der Waals surface area contributed by atoms with E-state index in [0.29, 0.717) is 0 Å². The molecule has 1 aliphatic rings. The highest BCUT2D eigenvalue weighted by molar-refractivity contribution is 9.10. The van der Waals surface area contributed by atoms with Gasteiger partial charge in [-0.1, -0.05) is 38.3 Å². The van der Waals surface area contributed by atoms with Gasteiger partial charge >= 0.3 is 0 Å². The third-order valence-corrected chi connectivity index (χ3v) is 3.71. The van der Waals surface area contributed by atoms with Crippen LogP contribution in [0.25, 0.3) is 0 Å². The van der Waals surface area contributed by atoms with E-state index in [0.717, 1.165) is 16.1 Å². The summed E-state index contributed by atoms with van der Waals surface area (Å²) in [6, 6.07) is 0. The van der Waals surface area contributed by atoms with Gasteiger partial charge in [0.25, 0.3) is 0 Å². The molecule has 0 spiro atoms. The average molecular weight is 256 g/mol. The zero-order valence-corrected chi connectivity index (χ0v) is 8.62. The van der Waals surface area contributed by atoms with Crippen LogP contribution in [-0.4, -0.2) is 10.2 Å². The Morgan fingerprint density at radius 1 is 1.44 bits per heavy atom. The highest BCUT2D eigenvalue weighted by Crippen LogP contribution is 2.34. The van der Waals surface area contributed by atoms with Gasteiger partial charge in [-0.15, -0.1) is 0 Å². The maximum Gasteiger partial charge on any atom is 0.0182 e. The molecule has 0 amide bonds. The third-order valence-electron chi connectivity index (χ3n) is 2.05. The van der Waals surface area contributed by atoms with E-state index in [-0.39, 0.29) is 0 Å². The van der Waals surface area contributed by atoms with Gasteiger partial charge in [-0.2, -0.15) is 0 Å². The average Bonchev–Trinajstić information content (AvgIpc) is 1.60. The van der Waals surface area contributed by atoms with Gasteiger partial charge in [0, 0.05) is 10.2 Å². The molecule has 0 heterocycles. The summed E-state index contributed by atoms with van der Waals surface area (Å²) in [6.45, 7) is 0. The second-order valence-corrected chi connectivity index (χ2v) is 4.65. The number of hydrogen-bond donors (Lipinski definition) is 0. The van der Waals surface area contributed by atoms with Gasteiger partial charge in [0.1, 0.15) is 0 Å². The van der Waals surface area contributed by atoms with Gasteiger partial charge in [0.15, 0.2) is 0 Å². The van der Waals surface area contributed by atoms with Crippen molar-refractivity contribution in [3.8, 4) is 0 Å². The first-order chi connectivity index (χ1) is 4.34. The molecule has 1 atom stereocenters. The van der Waals surface area contributed by atoms with Crippen LogP contribution in [-0.2, 0) is 0 Å². The highest BCUT2D eigenvalue weighted by atomic mass is 79.9. The van der Waals surface area contributed by atoms with Crippen molar-refractivity contribution in [2.45, 2.75) is 30.5 Å². The van der Waals surface area contributed by atoms with Crippen LogP contribution in [0.15, 0.2) is 0 Å².